The van der Waals surface area contributed by atoms with E-state index in [1.165, 1.54) is 4.90 Å². The number of nitrogens with one attached hydrogen (secondary N) is 1. The molecule has 3 aliphatic carbocycles. The summed E-state index contributed by atoms with van der Waals surface area (Å²) in [6, 6.07) is 0.421. The second-order valence-electron chi connectivity index (χ2n) is 12.2. The molecule has 1 amide bonds. The van der Waals surface area contributed by atoms with Crippen LogP contribution in [0.5, 0.6) is 5.75 Å². The molecule has 11 heteroatoms. The summed E-state index contributed by atoms with van der Waals surface area (Å²) < 4.78 is 0. The van der Waals surface area contributed by atoms with Gasteiger partial charge in [-0.15, -0.1) is 0 Å². The van der Waals surface area contributed by atoms with Crippen LogP contribution >= 0.6 is 0 Å². The number of aliphatic hydroxyl groups excluding tert-OH is 2. The van der Waals surface area contributed by atoms with E-state index >= 15 is 0 Å². The number of primary amides is 1. The van der Waals surface area contributed by atoms with Gasteiger partial charge in [0.2, 0.25) is 5.78 Å². The monoisotopic (exact) mass is 542 g/mol. The zero-order valence-electron chi connectivity index (χ0n) is 23.4. The number of phenols is 1. The molecule has 4 rings (SSSR count). The van der Waals surface area contributed by atoms with Crippen LogP contribution in [-0.4, -0.2) is 88.2 Å². The topological polar surface area (TPSA) is 177 Å². The average molecular weight is 543 g/mol. The van der Waals surface area contributed by atoms with Gasteiger partial charge in [0.15, 0.2) is 11.4 Å². The van der Waals surface area contributed by atoms with E-state index in [2.05, 4.69) is 5.32 Å². The van der Waals surface area contributed by atoms with Crippen molar-refractivity contribution >= 4 is 28.9 Å². The molecule has 0 unspecified atom stereocenters. The maximum Gasteiger partial charge on any atom is 0.255 e. The lowest BCUT2D eigenvalue weighted by Gasteiger charge is -2.50. The molecule has 1 aromatic rings. The predicted octanol–water partition coefficient (Wildman–Crippen LogP) is 0.918. The smallest absolute Gasteiger partial charge is 0.255 e. The number of rotatable bonds is 5. The first kappa shape index (κ1) is 28.6. The number of nitrogens with two attached hydrogens (primary N) is 1. The largest absolute Gasteiger partial charge is 0.508 e. The highest BCUT2D eigenvalue weighted by atomic mass is 16.3. The van der Waals surface area contributed by atoms with E-state index in [0.29, 0.717) is 12.1 Å². The van der Waals surface area contributed by atoms with Crippen molar-refractivity contribution < 1.29 is 34.8 Å². The van der Waals surface area contributed by atoms with Gasteiger partial charge in [-0.25, -0.2) is 0 Å². The molecule has 0 radical (unpaired) electrons. The molecule has 0 heterocycles. The zero-order valence-corrected chi connectivity index (χ0v) is 23.4. The number of aromatic hydroxyl groups is 1. The first-order valence-electron chi connectivity index (χ1n) is 12.9. The second-order valence-corrected chi connectivity index (χ2v) is 12.2. The van der Waals surface area contributed by atoms with Crippen molar-refractivity contribution in [2.75, 3.05) is 33.1 Å². The molecule has 39 heavy (non-hydrogen) atoms. The summed E-state index contributed by atoms with van der Waals surface area (Å²) in [6.45, 7) is 6.51. The lowest BCUT2D eigenvalue weighted by atomic mass is 9.57. The van der Waals surface area contributed by atoms with Crippen molar-refractivity contribution in [3.63, 3.8) is 0 Å². The number of hydrogen-bond donors (Lipinski definition) is 6. The van der Waals surface area contributed by atoms with Crippen LogP contribution < -0.4 is 16.0 Å². The summed E-state index contributed by atoms with van der Waals surface area (Å²) in [6.07, 6.45) is 0.281. The molecule has 0 aliphatic heterocycles. The van der Waals surface area contributed by atoms with Crippen LogP contribution in [0, 0.1) is 11.8 Å². The highest BCUT2D eigenvalue weighted by Gasteiger charge is 2.64. The van der Waals surface area contributed by atoms with Gasteiger partial charge in [-0.05, 0) is 70.8 Å². The van der Waals surface area contributed by atoms with Crippen molar-refractivity contribution in [2.24, 2.45) is 17.6 Å². The molecule has 1 fully saturated rings. The minimum atomic E-state index is -2.65. The Kier molecular flexibility index (Phi) is 6.86. The first-order chi connectivity index (χ1) is 17.9. The standard InChI is InChI=1S/C28H38N4O7/c1-27(2,3)30-11-13-10-16(33)18-14(20(13)31(4)5)8-12-9-15-21(32(6)7)23(35)19(26(29)38)25(37)28(15,39)24(36)17(12)22(18)34/h10,12,15,21,30,33-34,37,39H,8-9,11H2,1-7H3,(H2,29,38)/t12-,15-,21-,28-/m0/s1. The maximum atomic E-state index is 14.0. The number of hydrogen-bond acceptors (Lipinski definition) is 10. The van der Waals surface area contributed by atoms with E-state index in [0.717, 1.165) is 11.3 Å². The van der Waals surface area contributed by atoms with Gasteiger partial charge >= 0.3 is 0 Å². The number of Topliss-reactive ketones (excluding diaryl/α,β-unsaturated/α-hetero) is 2. The maximum absolute atomic E-state index is 14.0. The Hall–Kier alpha value is -3.41. The Balaban J connectivity index is 1.95. The molecule has 7 N–H and O–H groups in total. The fourth-order valence-corrected chi connectivity index (χ4v) is 6.42. The molecule has 1 saturated carbocycles. The number of phenolic OH excluding ortho intramolecular Hbond substituents is 1. The summed E-state index contributed by atoms with van der Waals surface area (Å²) in [5, 5.41) is 48.6. The van der Waals surface area contributed by atoms with Gasteiger partial charge in [-0.1, -0.05) is 0 Å². The van der Waals surface area contributed by atoms with Gasteiger partial charge < -0.3 is 36.4 Å². The minimum absolute atomic E-state index is 0.0455. The third kappa shape index (κ3) is 4.29. The Morgan fingerprint density at radius 3 is 2.28 bits per heavy atom. The van der Waals surface area contributed by atoms with Crippen LogP contribution in [-0.2, 0) is 27.3 Å². The third-order valence-electron chi connectivity index (χ3n) is 8.03. The Morgan fingerprint density at radius 2 is 1.77 bits per heavy atom. The van der Waals surface area contributed by atoms with E-state index < -0.39 is 58.0 Å². The van der Waals surface area contributed by atoms with Crippen LogP contribution in [0.1, 0.15) is 43.9 Å². The number of amides is 1. The summed E-state index contributed by atoms with van der Waals surface area (Å²) in [5.74, 6) is -6.62. The highest BCUT2D eigenvalue weighted by molar-refractivity contribution is 6.24. The van der Waals surface area contributed by atoms with Crippen LogP contribution in [0.4, 0.5) is 5.69 Å². The van der Waals surface area contributed by atoms with Gasteiger partial charge in [0.05, 0.1) is 11.6 Å². The highest BCUT2D eigenvalue weighted by Crippen LogP contribution is 2.54. The Labute approximate surface area is 227 Å². The number of carbonyl (C=O) groups is 3. The number of carbonyl (C=O) groups excluding carboxylic acids is 3. The summed E-state index contributed by atoms with van der Waals surface area (Å²) in [7, 11) is 6.85. The summed E-state index contributed by atoms with van der Waals surface area (Å²) in [4.78, 5) is 42.7. The first-order valence-corrected chi connectivity index (χ1v) is 12.9. The number of ketones is 2. The second kappa shape index (κ2) is 9.35. The van der Waals surface area contributed by atoms with E-state index in [9.17, 15) is 34.8 Å². The Bertz CT molecular complexity index is 1340. The van der Waals surface area contributed by atoms with Crippen LogP contribution in [0.25, 0.3) is 5.76 Å². The average Bonchev–Trinajstić information content (AvgIpc) is 2.78. The molecule has 212 valence electrons. The Morgan fingerprint density at radius 1 is 1.15 bits per heavy atom. The zero-order chi connectivity index (χ0) is 29.4. The molecule has 0 saturated heterocycles. The van der Waals surface area contributed by atoms with Gasteiger partial charge in [0.1, 0.15) is 22.8 Å². The molecule has 4 atom stereocenters. The number of benzene rings is 1. The molecule has 0 bridgehead atoms. The normalized spacial score (nSPS) is 26.9. The quantitative estimate of drug-likeness (QED) is 0.293. The molecule has 11 nitrogen and oxygen atoms in total. The van der Waals surface area contributed by atoms with Crippen LogP contribution in [0.15, 0.2) is 23.0 Å². The fourth-order valence-electron chi connectivity index (χ4n) is 6.42. The minimum Gasteiger partial charge on any atom is -0.508 e. The fraction of sp³-hybridized carbons (Fsp3) is 0.536. The van der Waals surface area contributed by atoms with Crippen molar-refractivity contribution in [3.05, 3.63) is 39.7 Å². The number of fused-ring (bicyclic) bond motifs is 3. The van der Waals surface area contributed by atoms with E-state index in [1.807, 2.05) is 39.8 Å². The lowest BCUT2D eigenvalue weighted by Crippen LogP contribution is -2.65. The molecule has 0 aromatic heterocycles. The molecule has 3 aliphatic rings. The van der Waals surface area contributed by atoms with Gasteiger partial charge in [-0.3, -0.25) is 19.3 Å². The van der Waals surface area contributed by atoms with Crippen LogP contribution in [0.2, 0.25) is 0 Å². The number of likely N-dealkylation sites (N-methyl/N-ethyl adjacent to an activating group) is 1. The molecule has 1 aromatic carbocycles. The molecular weight excluding hydrogens is 504 g/mol. The number of anilines is 1. The van der Waals surface area contributed by atoms with Crippen LogP contribution in [0.3, 0.4) is 0 Å². The van der Waals surface area contributed by atoms with Crippen molar-refractivity contribution in [1.29, 1.82) is 0 Å². The predicted molar refractivity (Wildman–Crippen MR) is 145 cm³/mol. The third-order valence-corrected chi connectivity index (χ3v) is 8.03. The van der Waals surface area contributed by atoms with Gasteiger partial charge in [0.25, 0.3) is 5.91 Å². The number of aliphatic hydroxyl groups is 3. The lowest BCUT2D eigenvalue weighted by molar-refractivity contribution is -0.153. The SMILES string of the molecule is CN(C)c1c(CNC(C)(C)C)cc(O)c2c1C[C@H]1C[C@H]3[C@H](N(C)C)C(=O)C(C(N)=O)=C(O)[C@@]3(O)C(=O)C1=C2O. The van der Waals surface area contributed by atoms with Gasteiger partial charge in [-0.2, -0.15) is 0 Å². The van der Waals surface area contributed by atoms with E-state index in [4.69, 9.17) is 5.73 Å². The van der Waals surface area contributed by atoms with Crippen molar-refractivity contribution in [1.82, 2.24) is 10.2 Å². The van der Waals surface area contributed by atoms with E-state index in [-0.39, 0.29) is 35.3 Å². The van der Waals surface area contributed by atoms with Gasteiger partial charge in [0, 0.05) is 43.4 Å². The van der Waals surface area contributed by atoms with E-state index in [1.54, 1.807) is 20.2 Å². The van der Waals surface area contributed by atoms with Crippen molar-refractivity contribution in [2.45, 2.75) is 57.3 Å². The number of nitrogens with zero attached hydrogens (tertiary/aromatic N) is 2. The summed E-state index contributed by atoms with van der Waals surface area (Å²) >= 11 is 0. The summed E-state index contributed by atoms with van der Waals surface area (Å²) in [5.41, 5.74) is 3.82. The van der Waals surface area contributed by atoms with Crippen molar-refractivity contribution in [3.8, 4) is 5.75 Å². The molecular formula is C28H38N4O7. The molecule has 0 spiro atoms.